The molecule has 0 spiro atoms. The molecule has 2 aromatic carbocycles. The van der Waals surface area contributed by atoms with E-state index < -0.39 is 0 Å². The van der Waals surface area contributed by atoms with Crippen LogP contribution in [0.15, 0.2) is 78.1 Å². The molecule has 3 rings (SSSR count). The van der Waals surface area contributed by atoms with Gasteiger partial charge in [-0.15, -0.1) is 0 Å². The lowest BCUT2D eigenvalue weighted by molar-refractivity contribution is -0.745. The van der Waals surface area contributed by atoms with Crippen LogP contribution in [0.2, 0.25) is 0 Å². The Balaban J connectivity index is 0.00000208. The molecule has 0 aliphatic carbocycles. The standard InChI is InChI=1S/C20H20N2O.ClH/c23-19(18-11-5-2-6-12-18)16-20-21-13-15-22(20)14-7-10-17-8-3-1-4-9-17;/h1-6,8-9,11-13,15H,7,10,14,16H2;1H. The maximum absolute atomic E-state index is 12.3. The van der Waals surface area contributed by atoms with Crippen LogP contribution >= 0.6 is 0 Å². The summed E-state index contributed by atoms with van der Waals surface area (Å²) in [5, 5.41) is 0. The van der Waals surface area contributed by atoms with E-state index in [4.69, 9.17) is 0 Å². The highest BCUT2D eigenvalue weighted by atomic mass is 35.5. The van der Waals surface area contributed by atoms with Gasteiger partial charge in [0.25, 0.3) is 0 Å². The molecule has 1 aliphatic rings. The van der Waals surface area contributed by atoms with Crippen LogP contribution in [0, 0.1) is 0 Å². The van der Waals surface area contributed by atoms with Crippen LogP contribution < -0.4 is 17.3 Å². The Kier molecular flexibility index (Phi) is 6.91. The molecule has 0 saturated heterocycles. The van der Waals surface area contributed by atoms with Gasteiger partial charge in [-0.25, -0.2) is 4.99 Å². The number of carbonyl (C=O) groups is 1. The number of halogens is 1. The number of Topliss-reactive ketones (excluding diaryl/α,β-unsaturated/α-hetero) is 1. The Bertz CT molecular complexity index is 711. The lowest BCUT2D eigenvalue weighted by Gasteiger charge is -2.12. The van der Waals surface area contributed by atoms with Gasteiger partial charge in [-0.1, -0.05) is 60.7 Å². The molecule has 4 heteroatoms. The molecule has 0 amide bonds. The first-order valence-corrected chi connectivity index (χ1v) is 8.04. The quantitative estimate of drug-likeness (QED) is 0.688. The normalized spacial score (nSPS) is 15.7. The molecule has 1 heterocycles. The summed E-state index contributed by atoms with van der Waals surface area (Å²) < 4.78 is 0. The molecule has 1 N–H and O–H groups in total. The molecule has 1 atom stereocenters. The minimum absolute atomic E-state index is 0. The average Bonchev–Trinajstić information content (AvgIpc) is 3.04. The molecular weight excluding hydrogens is 320 g/mol. The predicted octanol–water partition coefficient (Wildman–Crippen LogP) is -0.336. The fourth-order valence-electron chi connectivity index (χ4n) is 2.79. The second-order valence-electron chi connectivity index (χ2n) is 5.72. The zero-order chi connectivity index (χ0) is 15.9. The molecule has 0 radical (unpaired) electrons. The van der Waals surface area contributed by atoms with E-state index in [1.165, 1.54) is 10.5 Å². The van der Waals surface area contributed by atoms with Crippen molar-refractivity contribution in [3.05, 3.63) is 84.2 Å². The van der Waals surface area contributed by atoms with Gasteiger partial charge in [-0.05, 0) is 12.0 Å². The summed E-state index contributed by atoms with van der Waals surface area (Å²) in [7, 11) is 0. The molecule has 1 unspecified atom stereocenters. The predicted molar refractivity (Wildman–Crippen MR) is 92.6 cm³/mol. The van der Waals surface area contributed by atoms with Crippen molar-refractivity contribution in [2.24, 2.45) is 4.99 Å². The highest BCUT2D eigenvalue weighted by molar-refractivity contribution is 6.07. The van der Waals surface area contributed by atoms with Gasteiger partial charge in [0.05, 0.1) is 12.7 Å². The van der Waals surface area contributed by atoms with E-state index in [0.717, 1.165) is 30.8 Å². The number of rotatable bonds is 7. The SMILES string of the molecule is O=C(CC1=NC=C[NH+]1CCCc1ccccc1)c1ccccc1.[Cl-]. The first kappa shape index (κ1) is 18.1. The molecule has 24 heavy (non-hydrogen) atoms. The van der Waals surface area contributed by atoms with Gasteiger partial charge < -0.3 is 12.4 Å². The van der Waals surface area contributed by atoms with Crippen molar-refractivity contribution < 1.29 is 22.1 Å². The second-order valence-corrected chi connectivity index (χ2v) is 5.72. The third-order valence-electron chi connectivity index (χ3n) is 4.05. The molecule has 0 saturated carbocycles. The number of nitrogens with zero attached hydrogens (tertiary/aromatic N) is 1. The van der Waals surface area contributed by atoms with Crippen molar-refractivity contribution in [1.29, 1.82) is 0 Å². The van der Waals surface area contributed by atoms with E-state index in [2.05, 4.69) is 29.3 Å². The summed E-state index contributed by atoms with van der Waals surface area (Å²) in [5.41, 5.74) is 2.11. The van der Waals surface area contributed by atoms with E-state index >= 15 is 0 Å². The van der Waals surface area contributed by atoms with Gasteiger partial charge in [0.1, 0.15) is 12.6 Å². The van der Waals surface area contributed by atoms with Crippen molar-refractivity contribution in [3.8, 4) is 0 Å². The zero-order valence-electron chi connectivity index (χ0n) is 13.5. The topological polar surface area (TPSA) is 33.9 Å². The molecule has 1 aliphatic heterocycles. The van der Waals surface area contributed by atoms with Crippen molar-refractivity contribution in [3.63, 3.8) is 0 Å². The van der Waals surface area contributed by atoms with Gasteiger partial charge >= 0.3 is 0 Å². The van der Waals surface area contributed by atoms with Crippen LogP contribution in [-0.4, -0.2) is 18.2 Å². The van der Waals surface area contributed by atoms with E-state index in [-0.39, 0.29) is 18.2 Å². The van der Waals surface area contributed by atoms with E-state index in [1.54, 1.807) is 0 Å². The summed E-state index contributed by atoms with van der Waals surface area (Å²) in [4.78, 5) is 17.9. The Morgan fingerprint density at radius 2 is 1.62 bits per heavy atom. The van der Waals surface area contributed by atoms with Crippen molar-refractivity contribution in [1.82, 2.24) is 0 Å². The second kappa shape index (κ2) is 9.16. The summed E-state index contributed by atoms with van der Waals surface area (Å²) in [6.45, 7) is 0.965. The Labute approximate surface area is 149 Å². The van der Waals surface area contributed by atoms with Crippen LogP contribution in [0.5, 0.6) is 0 Å². The number of nitrogens with one attached hydrogen (secondary N) is 1. The van der Waals surface area contributed by atoms with Gasteiger partial charge in [-0.3, -0.25) is 9.69 Å². The molecule has 0 aromatic heterocycles. The molecule has 3 nitrogen and oxygen atoms in total. The highest BCUT2D eigenvalue weighted by Gasteiger charge is 2.22. The number of quaternary nitrogens is 1. The van der Waals surface area contributed by atoms with Crippen LogP contribution in [0.1, 0.15) is 28.8 Å². The number of aryl methyl sites for hydroxylation is 1. The zero-order valence-corrected chi connectivity index (χ0v) is 14.2. The Morgan fingerprint density at radius 3 is 2.33 bits per heavy atom. The van der Waals surface area contributed by atoms with E-state index in [1.807, 2.05) is 48.8 Å². The third-order valence-corrected chi connectivity index (χ3v) is 4.05. The number of hydrogen-bond donors (Lipinski definition) is 1. The molecule has 124 valence electrons. The Morgan fingerprint density at radius 1 is 0.958 bits per heavy atom. The van der Waals surface area contributed by atoms with Crippen LogP contribution in [0.25, 0.3) is 0 Å². The number of aliphatic imine (C=N–C) groups is 1. The lowest BCUT2D eigenvalue weighted by Crippen LogP contribution is -3.09. The first-order valence-electron chi connectivity index (χ1n) is 8.04. The molecule has 2 aromatic rings. The maximum atomic E-state index is 12.3. The van der Waals surface area contributed by atoms with Crippen molar-refractivity contribution in [2.45, 2.75) is 19.3 Å². The molecule has 0 fully saturated rings. The van der Waals surface area contributed by atoms with E-state index in [9.17, 15) is 4.79 Å². The van der Waals surface area contributed by atoms with E-state index in [0.29, 0.717) is 6.42 Å². The van der Waals surface area contributed by atoms with Crippen molar-refractivity contribution >= 4 is 11.6 Å². The fraction of sp³-hybridized carbons (Fsp3) is 0.200. The van der Waals surface area contributed by atoms with Gasteiger partial charge in [0.2, 0.25) is 5.84 Å². The van der Waals surface area contributed by atoms with Crippen LogP contribution in [0.3, 0.4) is 0 Å². The summed E-state index contributed by atoms with van der Waals surface area (Å²) in [6, 6.07) is 19.9. The number of carbonyl (C=O) groups excluding carboxylic acids is 1. The smallest absolute Gasteiger partial charge is 0.213 e. The summed E-state index contributed by atoms with van der Waals surface area (Å²) in [6.07, 6.45) is 6.36. The van der Waals surface area contributed by atoms with Gasteiger partial charge in [0, 0.05) is 12.0 Å². The van der Waals surface area contributed by atoms with Crippen LogP contribution in [0.4, 0.5) is 0 Å². The van der Waals surface area contributed by atoms with Gasteiger partial charge in [-0.2, -0.15) is 0 Å². The number of benzene rings is 2. The number of hydrogen-bond acceptors (Lipinski definition) is 2. The van der Waals surface area contributed by atoms with Crippen molar-refractivity contribution in [2.75, 3.05) is 6.54 Å². The van der Waals surface area contributed by atoms with Crippen LogP contribution in [-0.2, 0) is 6.42 Å². The minimum Gasteiger partial charge on any atom is -1.00 e. The summed E-state index contributed by atoms with van der Waals surface area (Å²) >= 11 is 0. The minimum atomic E-state index is 0. The molecular formula is C20H21ClN2O. The largest absolute Gasteiger partial charge is 1.00 e. The average molecular weight is 341 g/mol. The Hall–Kier alpha value is -2.23. The number of amidine groups is 1. The first-order chi connectivity index (χ1) is 11.3. The highest BCUT2D eigenvalue weighted by Crippen LogP contribution is 2.04. The lowest BCUT2D eigenvalue weighted by atomic mass is 10.1. The maximum Gasteiger partial charge on any atom is 0.213 e. The van der Waals surface area contributed by atoms with Gasteiger partial charge in [0.15, 0.2) is 5.78 Å². The molecule has 0 bridgehead atoms. The fourth-order valence-corrected chi connectivity index (χ4v) is 2.79. The monoisotopic (exact) mass is 340 g/mol. The third kappa shape index (κ3) is 4.88. The summed E-state index contributed by atoms with van der Waals surface area (Å²) in [5.74, 6) is 1.06. The number of ketones is 1.